The number of aryl methyl sites for hydroxylation is 1. The van der Waals surface area contributed by atoms with Gasteiger partial charge < -0.3 is 4.74 Å². The molecule has 1 saturated carbocycles. The third-order valence-electron chi connectivity index (χ3n) is 3.62. The molecule has 0 aromatic carbocycles. The van der Waals surface area contributed by atoms with Crippen LogP contribution in [0.25, 0.3) is 0 Å². The van der Waals surface area contributed by atoms with Crippen LogP contribution in [0.1, 0.15) is 31.2 Å². The molecule has 2 rings (SSSR count). The molecule has 0 aliphatic heterocycles. The molecule has 0 radical (unpaired) electrons. The number of aromatic nitrogens is 1. The molecular formula is C15H22N2O2. The van der Waals surface area contributed by atoms with Gasteiger partial charge in [-0.05, 0) is 44.4 Å². The highest BCUT2D eigenvalue weighted by atomic mass is 16.5. The van der Waals surface area contributed by atoms with Gasteiger partial charge in [-0.1, -0.05) is 13.0 Å². The normalized spacial score (nSPS) is 16.4. The van der Waals surface area contributed by atoms with Gasteiger partial charge in [-0.2, -0.15) is 0 Å². The van der Waals surface area contributed by atoms with Crippen LogP contribution in [-0.4, -0.2) is 35.5 Å². The molecule has 0 spiro atoms. The highest BCUT2D eigenvalue weighted by Crippen LogP contribution is 2.36. The number of rotatable bonds is 6. The average Bonchev–Trinajstić information content (AvgIpc) is 3.22. The molecule has 1 aromatic heterocycles. The van der Waals surface area contributed by atoms with Crippen molar-refractivity contribution in [3.63, 3.8) is 0 Å². The van der Waals surface area contributed by atoms with E-state index in [4.69, 9.17) is 4.74 Å². The number of carbonyl (C=O) groups excluding carboxylic acids is 1. The smallest absolute Gasteiger partial charge is 0.323 e. The van der Waals surface area contributed by atoms with E-state index in [0.29, 0.717) is 12.5 Å². The van der Waals surface area contributed by atoms with Crippen LogP contribution in [0.15, 0.2) is 18.2 Å². The molecule has 104 valence electrons. The second kappa shape index (κ2) is 6.15. The molecule has 0 bridgehead atoms. The maximum Gasteiger partial charge on any atom is 0.323 e. The average molecular weight is 262 g/mol. The van der Waals surface area contributed by atoms with E-state index in [1.807, 2.05) is 25.1 Å². The number of ether oxygens (including phenoxy) is 1. The van der Waals surface area contributed by atoms with E-state index in [-0.39, 0.29) is 12.0 Å². The standard InChI is InChI=1S/C15H22N2O2/c1-4-17(10-13-7-5-6-11(2)16-13)14(12-8-9-12)15(18)19-3/h5-7,12,14H,4,8-10H2,1-3H3. The van der Waals surface area contributed by atoms with Gasteiger partial charge in [0, 0.05) is 12.2 Å². The monoisotopic (exact) mass is 262 g/mol. The van der Waals surface area contributed by atoms with Crippen LogP contribution in [0.2, 0.25) is 0 Å². The summed E-state index contributed by atoms with van der Waals surface area (Å²) in [7, 11) is 1.47. The van der Waals surface area contributed by atoms with Crippen molar-refractivity contribution in [1.82, 2.24) is 9.88 Å². The molecule has 1 fully saturated rings. The van der Waals surface area contributed by atoms with E-state index < -0.39 is 0 Å². The molecule has 0 N–H and O–H groups in total. The minimum absolute atomic E-state index is 0.114. The molecule has 4 heteroatoms. The lowest BCUT2D eigenvalue weighted by Crippen LogP contribution is -2.43. The minimum atomic E-state index is -0.114. The lowest BCUT2D eigenvalue weighted by atomic mass is 10.1. The number of likely N-dealkylation sites (N-methyl/N-ethyl adjacent to an activating group) is 1. The highest BCUT2D eigenvalue weighted by Gasteiger charge is 2.40. The van der Waals surface area contributed by atoms with Crippen molar-refractivity contribution in [2.45, 2.75) is 39.3 Å². The fraction of sp³-hybridized carbons (Fsp3) is 0.600. The molecule has 0 saturated heterocycles. The Morgan fingerprint density at radius 1 is 1.53 bits per heavy atom. The largest absolute Gasteiger partial charge is 0.468 e. The van der Waals surface area contributed by atoms with Crippen molar-refractivity contribution < 1.29 is 9.53 Å². The van der Waals surface area contributed by atoms with E-state index in [1.54, 1.807) is 0 Å². The molecule has 1 aromatic rings. The summed E-state index contributed by atoms with van der Waals surface area (Å²) in [5, 5.41) is 0. The van der Waals surface area contributed by atoms with Gasteiger partial charge in [0.2, 0.25) is 0 Å². The van der Waals surface area contributed by atoms with Crippen LogP contribution in [0.5, 0.6) is 0 Å². The zero-order valence-corrected chi connectivity index (χ0v) is 11.9. The maximum atomic E-state index is 12.0. The summed E-state index contributed by atoms with van der Waals surface area (Å²) in [5.74, 6) is 0.342. The van der Waals surface area contributed by atoms with Crippen LogP contribution in [-0.2, 0) is 16.1 Å². The quantitative estimate of drug-likeness (QED) is 0.737. The first-order valence-electron chi connectivity index (χ1n) is 6.90. The van der Waals surface area contributed by atoms with Gasteiger partial charge in [-0.15, -0.1) is 0 Å². The number of hydrogen-bond acceptors (Lipinski definition) is 4. The summed E-state index contributed by atoms with van der Waals surface area (Å²) in [6, 6.07) is 5.89. The Bertz CT molecular complexity index is 444. The zero-order valence-electron chi connectivity index (χ0n) is 11.9. The predicted molar refractivity (Wildman–Crippen MR) is 73.6 cm³/mol. The Balaban J connectivity index is 2.11. The lowest BCUT2D eigenvalue weighted by Gasteiger charge is -2.28. The van der Waals surface area contributed by atoms with Crippen LogP contribution < -0.4 is 0 Å². The van der Waals surface area contributed by atoms with Gasteiger partial charge in [0.15, 0.2) is 0 Å². The molecule has 1 atom stereocenters. The Morgan fingerprint density at radius 3 is 2.79 bits per heavy atom. The second-order valence-electron chi connectivity index (χ2n) is 5.14. The van der Waals surface area contributed by atoms with Crippen LogP contribution in [0, 0.1) is 12.8 Å². The number of pyridine rings is 1. The van der Waals surface area contributed by atoms with Crippen molar-refractivity contribution >= 4 is 5.97 Å². The molecule has 1 aliphatic rings. The summed E-state index contributed by atoms with van der Waals surface area (Å²) < 4.78 is 4.96. The first-order chi connectivity index (χ1) is 9.15. The maximum absolute atomic E-state index is 12.0. The minimum Gasteiger partial charge on any atom is -0.468 e. The van der Waals surface area contributed by atoms with Gasteiger partial charge in [0.05, 0.1) is 12.8 Å². The van der Waals surface area contributed by atoms with Crippen molar-refractivity contribution in [3.05, 3.63) is 29.6 Å². The van der Waals surface area contributed by atoms with E-state index in [0.717, 1.165) is 30.8 Å². The third-order valence-corrected chi connectivity index (χ3v) is 3.62. The number of hydrogen-bond donors (Lipinski definition) is 0. The fourth-order valence-electron chi connectivity index (χ4n) is 2.47. The van der Waals surface area contributed by atoms with E-state index in [9.17, 15) is 4.79 Å². The van der Waals surface area contributed by atoms with Gasteiger partial charge in [-0.25, -0.2) is 0 Å². The highest BCUT2D eigenvalue weighted by molar-refractivity contribution is 5.76. The van der Waals surface area contributed by atoms with E-state index >= 15 is 0 Å². The Labute approximate surface area is 114 Å². The number of nitrogens with zero attached hydrogens (tertiary/aromatic N) is 2. The van der Waals surface area contributed by atoms with Crippen molar-refractivity contribution in [2.24, 2.45) is 5.92 Å². The molecule has 4 nitrogen and oxygen atoms in total. The summed E-state index contributed by atoms with van der Waals surface area (Å²) in [4.78, 5) is 18.7. The topological polar surface area (TPSA) is 42.4 Å². The number of methoxy groups -OCH3 is 1. The van der Waals surface area contributed by atoms with E-state index in [2.05, 4.69) is 16.8 Å². The first kappa shape index (κ1) is 14.0. The number of carbonyl (C=O) groups is 1. The molecule has 1 aliphatic carbocycles. The molecule has 1 unspecified atom stereocenters. The molecule has 19 heavy (non-hydrogen) atoms. The number of esters is 1. The SMILES string of the molecule is CCN(Cc1cccc(C)n1)C(C(=O)OC)C1CC1. The third kappa shape index (κ3) is 3.53. The summed E-state index contributed by atoms with van der Waals surface area (Å²) in [5.41, 5.74) is 2.02. The van der Waals surface area contributed by atoms with Crippen molar-refractivity contribution in [1.29, 1.82) is 0 Å². The Kier molecular flexibility index (Phi) is 4.53. The molecule has 1 heterocycles. The Morgan fingerprint density at radius 2 is 2.26 bits per heavy atom. The van der Waals surface area contributed by atoms with Gasteiger partial charge in [-0.3, -0.25) is 14.7 Å². The molecular weight excluding hydrogens is 240 g/mol. The van der Waals surface area contributed by atoms with Crippen LogP contribution in [0.3, 0.4) is 0 Å². The summed E-state index contributed by atoms with van der Waals surface area (Å²) >= 11 is 0. The first-order valence-corrected chi connectivity index (χ1v) is 6.90. The summed E-state index contributed by atoms with van der Waals surface area (Å²) in [6.07, 6.45) is 2.25. The van der Waals surface area contributed by atoms with Gasteiger partial charge in [0.1, 0.15) is 6.04 Å². The summed E-state index contributed by atoms with van der Waals surface area (Å²) in [6.45, 7) is 5.59. The molecule has 0 amide bonds. The van der Waals surface area contributed by atoms with Gasteiger partial charge in [0.25, 0.3) is 0 Å². The van der Waals surface area contributed by atoms with E-state index in [1.165, 1.54) is 7.11 Å². The van der Waals surface area contributed by atoms with Crippen LogP contribution in [0.4, 0.5) is 0 Å². The zero-order chi connectivity index (χ0) is 13.8. The van der Waals surface area contributed by atoms with Crippen molar-refractivity contribution in [2.75, 3.05) is 13.7 Å². The Hall–Kier alpha value is -1.42. The van der Waals surface area contributed by atoms with Crippen molar-refractivity contribution in [3.8, 4) is 0 Å². The van der Waals surface area contributed by atoms with Gasteiger partial charge >= 0.3 is 5.97 Å². The lowest BCUT2D eigenvalue weighted by molar-refractivity contribution is -0.148. The fourth-order valence-corrected chi connectivity index (χ4v) is 2.47. The van der Waals surface area contributed by atoms with Crippen LogP contribution >= 0.6 is 0 Å². The predicted octanol–water partition coefficient (Wildman–Crippen LogP) is 2.16. The second-order valence-corrected chi connectivity index (χ2v) is 5.14.